The van der Waals surface area contributed by atoms with Crippen LogP contribution in [0.1, 0.15) is 32.1 Å². The molecule has 19 heavy (non-hydrogen) atoms. The fourth-order valence-electron chi connectivity index (χ4n) is 2.64. The standard InChI is InChI=1S/C14H18N2O3/c1-16(11-4-8-15-9-5-11)12(17)10-14(13(18)19)6-2-3-7-14/h4-5,8-9H,2-3,6-7,10H2,1H3,(H,18,19). The first-order chi connectivity index (χ1) is 9.05. The molecule has 2 rings (SSSR count). The highest BCUT2D eigenvalue weighted by Gasteiger charge is 2.43. The molecule has 0 spiro atoms. The number of carbonyl (C=O) groups is 2. The third-order valence-electron chi connectivity index (χ3n) is 3.93. The molecule has 0 saturated heterocycles. The summed E-state index contributed by atoms with van der Waals surface area (Å²) in [5.41, 5.74) is -0.128. The van der Waals surface area contributed by atoms with Gasteiger partial charge in [0.25, 0.3) is 0 Å². The minimum absolute atomic E-state index is 0.0706. The minimum Gasteiger partial charge on any atom is -0.481 e. The lowest BCUT2D eigenvalue weighted by Gasteiger charge is -2.26. The van der Waals surface area contributed by atoms with Gasteiger partial charge in [0.2, 0.25) is 5.91 Å². The van der Waals surface area contributed by atoms with Crippen molar-refractivity contribution in [2.45, 2.75) is 32.1 Å². The van der Waals surface area contributed by atoms with Crippen LogP contribution in [0.15, 0.2) is 24.5 Å². The van der Waals surface area contributed by atoms with Crippen molar-refractivity contribution in [1.82, 2.24) is 4.98 Å². The van der Waals surface area contributed by atoms with E-state index in [9.17, 15) is 14.7 Å². The molecule has 0 unspecified atom stereocenters. The maximum absolute atomic E-state index is 12.3. The number of anilines is 1. The van der Waals surface area contributed by atoms with Crippen molar-refractivity contribution in [2.24, 2.45) is 5.41 Å². The van der Waals surface area contributed by atoms with E-state index in [1.807, 2.05) is 0 Å². The molecule has 1 heterocycles. The molecule has 1 N–H and O–H groups in total. The third-order valence-corrected chi connectivity index (χ3v) is 3.93. The average Bonchev–Trinajstić information content (AvgIpc) is 2.88. The Balaban J connectivity index is 2.10. The Morgan fingerprint density at radius 3 is 2.42 bits per heavy atom. The molecule has 0 atom stereocenters. The number of hydrogen-bond donors (Lipinski definition) is 1. The summed E-state index contributed by atoms with van der Waals surface area (Å²) in [5.74, 6) is -1.00. The molecule has 0 aliphatic heterocycles. The molecule has 1 aromatic rings. The Labute approximate surface area is 112 Å². The summed E-state index contributed by atoms with van der Waals surface area (Å²) in [6.07, 6.45) is 6.26. The van der Waals surface area contributed by atoms with Crippen LogP contribution >= 0.6 is 0 Å². The van der Waals surface area contributed by atoms with Crippen molar-refractivity contribution in [3.05, 3.63) is 24.5 Å². The summed E-state index contributed by atoms with van der Waals surface area (Å²) in [6, 6.07) is 3.47. The van der Waals surface area contributed by atoms with Gasteiger partial charge in [0, 0.05) is 31.5 Å². The maximum atomic E-state index is 12.3. The Hall–Kier alpha value is -1.91. The van der Waals surface area contributed by atoms with Gasteiger partial charge >= 0.3 is 5.97 Å². The number of nitrogens with zero attached hydrogens (tertiary/aromatic N) is 2. The number of hydrogen-bond acceptors (Lipinski definition) is 3. The maximum Gasteiger partial charge on any atom is 0.310 e. The van der Waals surface area contributed by atoms with Gasteiger partial charge in [0.15, 0.2) is 0 Å². The fourth-order valence-corrected chi connectivity index (χ4v) is 2.64. The number of carboxylic acid groups (broad SMARTS) is 1. The van der Waals surface area contributed by atoms with Gasteiger partial charge in [-0.05, 0) is 25.0 Å². The highest BCUT2D eigenvalue weighted by molar-refractivity contribution is 5.95. The van der Waals surface area contributed by atoms with Gasteiger partial charge in [-0.25, -0.2) is 0 Å². The first-order valence-corrected chi connectivity index (χ1v) is 6.45. The van der Waals surface area contributed by atoms with Gasteiger partial charge in [0.05, 0.1) is 5.41 Å². The van der Waals surface area contributed by atoms with Crippen molar-refractivity contribution >= 4 is 17.6 Å². The Morgan fingerprint density at radius 2 is 1.89 bits per heavy atom. The van der Waals surface area contributed by atoms with Gasteiger partial charge < -0.3 is 10.0 Å². The van der Waals surface area contributed by atoms with E-state index in [0.29, 0.717) is 12.8 Å². The van der Waals surface area contributed by atoms with Gasteiger partial charge in [-0.15, -0.1) is 0 Å². The molecule has 1 aliphatic carbocycles. The van der Waals surface area contributed by atoms with Crippen LogP contribution in [0.4, 0.5) is 5.69 Å². The zero-order chi connectivity index (χ0) is 13.9. The number of rotatable bonds is 4. The summed E-state index contributed by atoms with van der Waals surface area (Å²) >= 11 is 0. The van der Waals surface area contributed by atoms with Gasteiger partial charge in [0.1, 0.15) is 0 Å². The quantitative estimate of drug-likeness (QED) is 0.901. The van der Waals surface area contributed by atoms with E-state index in [0.717, 1.165) is 18.5 Å². The lowest BCUT2D eigenvalue weighted by molar-refractivity contribution is -0.151. The number of pyridine rings is 1. The lowest BCUT2D eigenvalue weighted by Crippen LogP contribution is -2.36. The summed E-state index contributed by atoms with van der Waals surface area (Å²) in [5, 5.41) is 9.38. The molecule has 1 saturated carbocycles. The number of aromatic nitrogens is 1. The second-order valence-electron chi connectivity index (χ2n) is 5.13. The first kappa shape index (κ1) is 13.5. The van der Waals surface area contributed by atoms with E-state index in [2.05, 4.69) is 4.98 Å². The number of aliphatic carboxylic acids is 1. The van der Waals surface area contributed by atoms with Crippen LogP contribution in [-0.2, 0) is 9.59 Å². The van der Waals surface area contributed by atoms with Crippen LogP contribution in [0.3, 0.4) is 0 Å². The second kappa shape index (κ2) is 5.38. The van der Waals surface area contributed by atoms with Crippen LogP contribution in [0.5, 0.6) is 0 Å². The first-order valence-electron chi connectivity index (χ1n) is 6.45. The molecule has 0 bridgehead atoms. The molecule has 1 aromatic heterocycles. The number of amides is 1. The Bertz CT molecular complexity index is 467. The minimum atomic E-state index is -0.863. The highest BCUT2D eigenvalue weighted by Crippen LogP contribution is 2.41. The summed E-state index contributed by atoms with van der Waals surface area (Å²) in [4.78, 5) is 29.1. The Kier molecular flexibility index (Phi) is 3.83. The number of carbonyl (C=O) groups excluding carboxylic acids is 1. The monoisotopic (exact) mass is 262 g/mol. The smallest absolute Gasteiger partial charge is 0.310 e. The summed E-state index contributed by atoms with van der Waals surface area (Å²) < 4.78 is 0. The van der Waals surface area contributed by atoms with E-state index in [4.69, 9.17) is 0 Å². The molecular weight excluding hydrogens is 244 g/mol. The zero-order valence-electron chi connectivity index (χ0n) is 11.0. The van der Waals surface area contributed by atoms with Crippen molar-refractivity contribution in [3.8, 4) is 0 Å². The lowest BCUT2D eigenvalue weighted by atomic mass is 9.82. The summed E-state index contributed by atoms with van der Waals surface area (Å²) in [6.45, 7) is 0. The predicted octanol–water partition coefficient (Wildman–Crippen LogP) is 2.08. The molecule has 5 nitrogen and oxygen atoms in total. The normalized spacial score (nSPS) is 17.1. The number of carboxylic acids is 1. The zero-order valence-corrected chi connectivity index (χ0v) is 11.0. The average molecular weight is 262 g/mol. The van der Waals surface area contributed by atoms with Gasteiger partial charge in [-0.1, -0.05) is 12.8 Å². The van der Waals surface area contributed by atoms with Crippen LogP contribution in [0, 0.1) is 5.41 Å². The van der Waals surface area contributed by atoms with Crippen molar-refractivity contribution < 1.29 is 14.7 Å². The SMILES string of the molecule is CN(C(=O)CC1(C(=O)O)CCCC1)c1ccncc1. The van der Waals surface area contributed by atoms with Crippen LogP contribution in [0.25, 0.3) is 0 Å². The van der Waals surface area contributed by atoms with E-state index in [1.165, 1.54) is 4.90 Å². The van der Waals surface area contributed by atoms with E-state index in [-0.39, 0.29) is 12.3 Å². The molecule has 0 radical (unpaired) electrons. The summed E-state index contributed by atoms with van der Waals surface area (Å²) in [7, 11) is 1.67. The van der Waals surface area contributed by atoms with Crippen LogP contribution in [-0.4, -0.2) is 29.0 Å². The van der Waals surface area contributed by atoms with Crippen LogP contribution < -0.4 is 4.90 Å². The van der Waals surface area contributed by atoms with Crippen molar-refractivity contribution in [1.29, 1.82) is 0 Å². The van der Waals surface area contributed by atoms with Crippen molar-refractivity contribution in [2.75, 3.05) is 11.9 Å². The fraction of sp³-hybridized carbons (Fsp3) is 0.500. The van der Waals surface area contributed by atoms with E-state index in [1.54, 1.807) is 31.6 Å². The third kappa shape index (κ3) is 2.75. The van der Waals surface area contributed by atoms with Crippen LogP contribution in [0.2, 0.25) is 0 Å². The highest BCUT2D eigenvalue weighted by atomic mass is 16.4. The van der Waals surface area contributed by atoms with E-state index >= 15 is 0 Å². The van der Waals surface area contributed by atoms with Crippen molar-refractivity contribution in [3.63, 3.8) is 0 Å². The molecule has 5 heteroatoms. The topological polar surface area (TPSA) is 70.5 Å². The molecule has 1 aliphatic rings. The predicted molar refractivity (Wildman–Crippen MR) is 70.8 cm³/mol. The largest absolute Gasteiger partial charge is 0.481 e. The Morgan fingerprint density at radius 1 is 1.32 bits per heavy atom. The second-order valence-corrected chi connectivity index (χ2v) is 5.13. The molecule has 1 fully saturated rings. The molecule has 0 aromatic carbocycles. The molecule has 1 amide bonds. The van der Waals surface area contributed by atoms with Gasteiger partial charge in [-0.3, -0.25) is 14.6 Å². The molecule has 102 valence electrons. The van der Waals surface area contributed by atoms with Gasteiger partial charge in [-0.2, -0.15) is 0 Å². The van der Waals surface area contributed by atoms with E-state index < -0.39 is 11.4 Å². The molecular formula is C14H18N2O3.